The van der Waals surface area contributed by atoms with Crippen molar-refractivity contribution in [1.82, 2.24) is 9.55 Å². The molecule has 0 unspecified atom stereocenters. The molecular weight excluding hydrogens is 478 g/mol. The Balaban J connectivity index is 1.56. The molecule has 0 bridgehead atoms. The Morgan fingerprint density at radius 1 is 1.14 bits per heavy atom. The molecule has 7 nitrogen and oxygen atoms in total. The van der Waals surface area contributed by atoms with Gasteiger partial charge in [0.15, 0.2) is 11.6 Å². The number of aryl methyl sites for hydroxylation is 1. The van der Waals surface area contributed by atoms with E-state index < -0.39 is 17.7 Å². The first-order chi connectivity index (χ1) is 17.7. The van der Waals surface area contributed by atoms with Crippen LogP contribution in [0.5, 0.6) is 0 Å². The van der Waals surface area contributed by atoms with Gasteiger partial charge in [0.1, 0.15) is 5.82 Å². The van der Waals surface area contributed by atoms with Crippen LogP contribution in [-0.4, -0.2) is 47.1 Å². The van der Waals surface area contributed by atoms with E-state index in [2.05, 4.69) is 5.32 Å². The Morgan fingerprint density at radius 2 is 1.84 bits per heavy atom. The summed E-state index contributed by atoms with van der Waals surface area (Å²) in [6.07, 6.45) is 2.18. The third kappa shape index (κ3) is 4.94. The van der Waals surface area contributed by atoms with Gasteiger partial charge in [-0.25, -0.2) is 13.8 Å². The number of rotatable bonds is 5. The summed E-state index contributed by atoms with van der Waals surface area (Å²) >= 11 is 0. The van der Waals surface area contributed by atoms with Gasteiger partial charge >= 0.3 is 0 Å². The highest BCUT2D eigenvalue weighted by Crippen LogP contribution is 2.36. The van der Waals surface area contributed by atoms with Gasteiger partial charge in [0.2, 0.25) is 0 Å². The molecule has 0 amide bonds. The minimum atomic E-state index is -0.911. The zero-order valence-electron chi connectivity index (χ0n) is 21.6. The molecule has 1 atom stereocenters. The third-order valence-electron chi connectivity index (χ3n) is 7.66. The number of halogens is 2. The normalized spacial score (nSPS) is 18.4. The molecule has 9 heteroatoms. The van der Waals surface area contributed by atoms with Crippen molar-refractivity contribution in [2.45, 2.75) is 57.6 Å². The summed E-state index contributed by atoms with van der Waals surface area (Å²) in [5.74, 6) is -0.929. The van der Waals surface area contributed by atoms with Gasteiger partial charge in [-0.05, 0) is 63.3 Å². The van der Waals surface area contributed by atoms with Crippen LogP contribution in [0.4, 0.5) is 20.2 Å². The van der Waals surface area contributed by atoms with Gasteiger partial charge < -0.3 is 20.1 Å². The summed E-state index contributed by atoms with van der Waals surface area (Å²) in [4.78, 5) is 20.2. The molecule has 2 fully saturated rings. The third-order valence-corrected chi connectivity index (χ3v) is 7.66. The second-order valence-corrected chi connectivity index (χ2v) is 10.3. The molecule has 198 valence electrons. The summed E-state index contributed by atoms with van der Waals surface area (Å²) in [5, 5.41) is 13.8. The summed E-state index contributed by atoms with van der Waals surface area (Å²) < 4.78 is 36.5. The zero-order chi connectivity index (χ0) is 26.3. The summed E-state index contributed by atoms with van der Waals surface area (Å²) in [5.41, 5.74) is 2.91. The van der Waals surface area contributed by atoms with Gasteiger partial charge in [0.05, 0.1) is 34.4 Å². The SMILES string of the molecule is Cc1cc([C@@H](C)Nc2ccc(F)c(F)c2N2CCC(O)CC2)c2nc(C3CCOCC3)n(C)c(=O)c2c1. The molecule has 2 saturated heterocycles. The van der Waals surface area contributed by atoms with Crippen LogP contribution in [-0.2, 0) is 11.8 Å². The smallest absolute Gasteiger partial charge is 0.261 e. The van der Waals surface area contributed by atoms with E-state index in [4.69, 9.17) is 9.72 Å². The maximum absolute atomic E-state index is 15.1. The number of benzene rings is 2. The number of aromatic nitrogens is 2. The first-order valence-corrected chi connectivity index (χ1v) is 13.0. The average molecular weight is 513 g/mol. The number of piperidine rings is 1. The lowest BCUT2D eigenvalue weighted by molar-refractivity contribution is 0.0828. The number of aliphatic hydroxyl groups excluding tert-OH is 1. The van der Waals surface area contributed by atoms with E-state index in [0.29, 0.717) is 55.7 Å². The second kappa shape index (κ2) is 10.4. The van der Waals surface area contributed by atoms with Crippen LogP contribution >= 0.6 is 0 Å². The van der Waals surface area contributed by atoms with Gasteiger partial charge in [0.25, 0.3) is 5.56 Å². The van der Waals surface area contributed by atoms with Crippen molar-refractivity contribution < 1.29 is 18.6 Å². The molecule has 2 aliphatic rings. The molecule has 5 rings (SSSR count). The molecule has 37 heavy (non-hydrogen) atoms. The van der Waals surface area contributed by atoms with E-state index in [0.717, 1.165) is 35.9 Å². The fraction of sp³-hybridized carbons (Fsp3) is 0.500. The van der Waals surface area contributed by atoms with Crippen LogP contribution in [0.1, 0.15) is 61.5 Å². The van der Waals surface area contributed by atoms with Gasteiger partial charge in [-0.3, -0.25) is 9.36 Å². The highest BCUT2D eigenvalue weighted by Gasteiger charge is 2.27. The number of ether oxygens (including phenoxy) is 1. The summed E-state index contributed by atoms with van der Waals surface area (Å²) in [6, 6.07) is 6.18. The lowest BCUT2D eigenvalue weighted by atomic mass is 9.97. The van der Waals surface area contributed by atoms with Crippen molar-refractivity contribution in [3.05, 3.63) is 63.2 Å². The molecule has 3 aromatic rings. The van der Waals surface area contributed by atoms with Crippen molar-refractivity contribution in [3.8, 4) is 0 Å². The first kappa shape index (κ1) is 25.6. The number of anilines is 2. The van der Waals surface area contributed by atoms with E-state index >= 15 is 4.39 Å². The topological polar surface area (TPSA) is 79.6 Å². The van der Waals surface area contributed by atoms with Gasteiger partial charge in [-0.2, -0.15) is 0 Å². The van der Waals surface area contributed by atoms with Gasteiger partial charge in [0, 0.05) is 44.8 Å². The quantitative estimate of drug-likeness (QED) is 0.522. The molecule has 0 spiro atoms. The monoisotopic (exact) mass is 512 g/mol. The molecule has 2 aliphatic heterocycles. The molecular formula is C28H34F2N4O3. The predicted molar refractivity (Wildman–Crippen MR) is 140 cm³/mol. The molecule has 0 aliphatic carbocycles. The number of hydrogen-bond acceptors (Lipinski definition) is 6. The highest BCUT2D eigenvalue weighted by molar-refractivity contribution is 5.83. The van der Waals surface area contributed by atoms with E-state index in [1.54, 1.807) is 22.6 Å². The van der Waals surface area contributed by atoms with Crippen molar-refractivity contribution >= 4 is 22.3 Å². The molecule has 1 aromatic heterocycles. The number of nitrogens with zero attached hydrogens (tertiary/aromatic N) is 3. The molecule has 0 saturated carbocycles. The van der Waals surface area contributed by atoms with E-state index in [9.17, 15) is 14.3 Å². The Bertz CT molecular complexity index is 1360. The fourth-order valence-electron chi connectivity index (χ4n) is 5.59. The van der Waals surface area contributed by atoms with Crippen LogP contribution in [0.2, 0.25) is 0 Å². The zero-order valence-corrected chi connectivity index (χ0v) is 21.6. The van der Waals surface area contributed by atoms with Crippen molar-refractivity contribution in [3.63, 3.8) is 0 Å². The Morgan fingerprint density at radius 3 is 2.54 bits per heavy atom. The minimum Gasteiger partial charge on any atom is -0.393 e. The average Bonchev–Trinajstić information content (AvgIpc) is 2.89. The lowest BCUT2D eigenvalue weighted by Crippen LogP contribution is -2.37. The van der Waals surface area contributed by atoms with Crippen LogP contribution in [0.3, 0.4) is 0 Å². The van der Waals surface area contributed by atoms with Crippen LogP contribution in [0.25, 0.3) is 10.9 Å². The minimum absolute atomic E-state index is 0.0935. The summed E-state index contributed by atoms with van der Waals surface area (Å²) in [7, 11) is 1.77. The number of nitrogens with one attached hydrogen (secondary N) is 1. The second-order valence-electron chi connectivity index (χ2n) is 10.3. The van der Waals surface area contributed by atoms with Gasteiger partial charge in [-0.15, -0.1) is 0 Å². The predicted octanol–water partition coefficient (Wildman–Crippen LogP) is 4.55. The molecule has 3 heterocycles. The molecule has 2 N–H and O–H groups in total. The standard InChI is InChI=1S/C28H34F2N4O3/c1-16-14-20(25-21(15-16)28(36)33(3)27(32-25)18-8-12-37-13-9-18)17(2)31-23-5-4-22(29)24(30)26(23)34-10-6-19(35)7-11-34/h4-5,14-15,17-19,31,35H,6-13H2,1-3H3/t17-/m1/s1. The number of fused-ring (bicyclic) bond motifs is 1. The molecule has 2 aromatic carbocycles. The largest absolute Gasteiger partial charge is 0.393 e. The van der Waals surface area contributed by atoms with Crippen molar-refractivity contribution in [1.29, 1.82) is 0 Å². The maximum atomic E-state index is 15.1. The van der Waals surface area contributed by atoms with Crippen LogP contribution in [0, 0.1) is 18.6 Å². The van der Waals surface area contributed by atoms with Crippen LogP contribution in [0.15, 0.2) is 29.1 Å². The Hall–Kier alpha value is -3.04. The fourth-order valence-corrected chi connectivity index (χ4v) is 5.59. The number of hydrogen-bond donors (Lipinski definition) is 2. The highest BCUT2D eigenvalue weighted by atomic mass is 19.2. The van der Waals surface area contributed by atoms with Crippen molar-refractivity contribution in [2.75, 3.05) is 36.5 Å². The van der Waals surface area contributed by atoms with E-state index in [1.807, 2.05) is 26.0 Å². The Labute approximate surface area is 215 Å². The van der Waals surface area contributed by atoms with E-state index in [-0.39, 0.29) is 23.2 Å². The lowest BCUT2D eigenvalue weighted by Gasteiger charge is -2.34. The molecule has 0 radical (unpaired) electrons. The van der Waals surface area contributed by atoms with Crippen LogP contribution < -0.4 is 15.8 Å². The van der Waals surface area contributed by atoms with E-state index in [1.165, 1.54) is 0 Å². The first-order valence-electron chi connectivity index (χ1n) is 13.0. The van der Waals surface area contributed by atoms with Crippen molar-refractivity contribution in [2.24, 2.45) is 7.05 Å². The Kier molecular flexibility index (Phi) is 7.18. The summed E-state index contributed by atoms with van der Waals surface area (Å²) in [6.45, 7) is 6.03. The number of aliphatic hydroxyl groups is 1. The maximum Gasteiger partial charge on any atom is 0.261 e. The van der Waals surface area contributed by atoms with Gasteiger partial charge in [-0.1, -0.05) is 6.07 Å².